The number of anilines is 1. The number of aromatic nitrogens is 3. The third-order valence-corrected chi connectivity index (χ3v) is 3.30. The van der Waals surface area contributed by atoms with Crippen LogP contribution in [-0.4, -0.2) is 21.9 Å². The molecule has 0 atom stereocenters. The van der Waals surface area contributed by atoms with Crippen LogP contribution in [0.1, 0.15) is 12.7 Å². The molecule has 0 amide bonds. The third kappa shape index (κ3) is 2.81. The van der Waals surface area contributed by atoms with Crippen molar-refractivity contribution in [2.45, 2.75) is 20.0 Å². The van der Waals surface area contributed by atoms with Crippen molar-refractivity contribution in [3.05, 3.63) is 34.8 Å². The van der Waals surface area contributed by atoms with Crippen molar-refractivity contribution in [1.29, 1.82) is 0 Å². The summed E-state index contributed by atoms with van der Waals surface area (Å²) in [6.45, 7) is 3.48. The monoisotopic (exact) mass is 310 g/mol. The van der Waals surface area contributed by atoms with Crippen LogP contribution in [0.4, 0.5) is 5.69 Å². The molecule has 0 aliphatic rings. The molecule has 96 valence electrons. The number of halogens is 1. The second kappa shape index (κ2) is 5.86. The number of nitrogens with one attached hydrogen (secondary N) is 1. The molecular formula is C12H15BrN4O. The summed E-state index contributed by atoms with van der Waals surface area (Å²) in [7, 11) is 1.65. The Bertz CT molecular complexity index is 527. The van der Waals surface area contributed by atoms with E-state index in [0.29, 0.717) is 6.54 Å². The van der Waals surface area contributed by atoms with Gasteiger partial charge in [-0.2, -0.15) is 5.10 Å². The molecule has 1 heterocycles. The molecule has 1 aromatic carbocycles. The number of rotatable bonds is 5. The van der Waals surface area contributed by atoms with Crippen molar-refractivity contribution in [3.63, 3.8) is 0 Å². The number of methoxy groups -OCH3 is 1. The normalized spacial score (nSPS) is 10.4. The first-order valence-corrected chi connectivity index (χ1v) is 6.48. The fourth-order valence-corrected chi connectivity index (χ4v) is 2.02. The van der Waals surface area contributed by atoms with Gasteiger partial charge >= 0.3 is 0 Å². The van der Waals surface area contributed by atoms with Gasteiger partial charge in [0.05, 0.1) is 19.3 Å². The number of ether oxygens (including phenoxy) is 1. The maximum atomic E-state index is 5.20. The van der Waals surface area contributed by atoms with Gasteiger partial charge in [0.1, 0.15) is 17.9 Å². The van der Waals surface area contributed by atoms with Gasteiger partial charge in [0.25, 0.3) is 0 Å². The fourth-order valence-electron chi connectivity index (χ4n) is 1.63. The third-order valence-electron chi connectivity index (χ3n) is 2.61. The molecule has 0 fully saturated rings. The van der Waals surface area contributed by atoms with Gasteiger partial charge < -0.3 is 10.1 Å². The molecule has 18 heavy (non-hydrogen) atoms. The van der Waals surface area contributed by atoms with E-state index in [9.17, 15) is 0 Å². The maximum absolute atomic E-state index is 5.20. The number of hydrogen-bond acceptors (Lipinski definition) is 4. The van der Waals surface area contributed by atoms with Crippen molar-refractivity contribution in [2.75, 3.05) is 12.4 Å². The highest BCUT2D eigenvalue weighted by Crippen LogP contribution is 2.27. The highest BCUT2D eigenvalue weighted by atomic mass is 79.9. The first-order valence-electron chi connectivity index (χ1n) is 5.68. The summed E-state index contributed by atoms with van der Waals surface area (Å²) in [5, 5.41) is 7.45. The minimum Gasteiger partial charge on any atom is -0.497 e. The van der Waals surface area contributed by atoms with Gasteiger partial charge in [0.15, 0.2) is 0 Å². The number of nitrogens with zero attached hydrogens (tertiary/aromatic N) is 3. The molecule has 5 nitrogen and oxygen atoms in total. The van der Waals surface area contributed by atoms with Crippen LogP contribution in [0, 0.1) is 0 Å². The summed E-state index contributed by atoms with van der Waals surface area (Å²) >= 11 is 3.50. The topological polar surface area (TPSA) is 52.0 Å². The lowest BCUT2D eigenvalue weighted by atomic mass is 10.3. The Morgan fingerprint density at radius 3 is 3.00 bits per heavy atom. The maximum Gasteiger partial charge on any atom is 0.146 e. The first kappa shape index (κ1) is 12.9. The smallest absolute Gasteiger partial charge is 0.146 e. The molecule has 1 aromatic heterocycles. The highest BCUT2D eigenvalue weighted by molar-refractivity contribution is 9.10. The van der Waals surface area contributed by atoms with Crippen molar-refractivity contribution < 1.29 is 4.74 Å². The minimum absolute atomic E-state index is 0.625. The average Bonchev–Trinajstić information content (AvgIpc) is 2.85. The molecule has 0 radical (unpaired) electrons. The largest absolute Gasteiger partial charge is 0.497 e. The molecule has 1 N–H and O–H groups in total. The van der Waals surface area contributed by atoms with Crippen LogP contribution in [0.15, 0.2) is 29.0 Å². The highest BCUT2D eigenvalue weighted by Gasteiger charge is 2.05. The van der Waals surface area contributed by atoms with Gasteiger partial charge in [0, 0.05) is 17.1 Å². The van der Waals surface area contributed by atoms with E-state index in [2.05, 4.69) is 31.3 Å². The SMILES string of the molecule is CCn1ncnc1CNc1cc(OC)ccc1Br. The Hall–Kier alpha value is -1.56. The van der Waals surface area contributed by atoms with Gasteiger partial charge in [-0.25, -0.2) is 9.67 Å². The van der Waals surface area contributed by atoms with Crippen LogP contribution in [0.2, 0.25) is 0 Å². The molecule has 6 heteroatoms. The molecule has 2 rings (SSSR count). The van der Waals surface area contributed by atoms with Crippen molar-refractivity contribution in [2.24, 2.45) is 0 Å². The molecule has 0 saturated heterocycles. The lowest BCUT2D eigenvalue weighted by Crippen LogP contribution is -2.09. The van der Waals surface area contributed by atoms with E-state index in [-0.39, 0.29) is 0 Å². The zero-order valence-electron chi connectivity index (χ0n) is 10.4. The van der Waals surface area contributed by atoms with Gasteiger partial charge in [-0.3, -0.25) is 0 Å². The van der Waals surface area contributed by atoms with E-state index in [4.69, 9.17) is 4.74 Å². The standard InChI is InChI=1S/C12H15BrN4O/c1-3-17-12(15-8-16-17)7-14-11-6-9(18-2)4-5-10(11)13/h4-6,8,14H,3,7H2,1-2H3. The zero-order chi connectivity index (χ0) is 13.0. The lowest BCUT2D eigenvalue weighted by molar-refractivity contribution is 0.415. The number of aryl methyl sites for hydroxylation is 1. The van der Waals surface area contributed by atoms with Gasteiger partial charge in [-0.05, 0) is 35.0 Å². The van der Waals surface area contributed by atoms with Crippen molar-refractivity contribution in [3.8, 4) is 5.75 Å². The fraction of sp³-hybridized carbons (Fsp3) is 0.333. The quantitative estimate of drug-likeness (QED) is 0.922. The Morgan fingerprint density at radius 2 is 2.28 bits per heavy atom. The predicted molar refractivity (Wildman–Crippen MR) is 73.7 cm³/mol. The Morgan fingerprint density at radius 1 is 1.44 bits per heavy atom. The molecule has 0 saturated carbocycles. The van der Waals surface area contributed by atoms with Crippen LogP contribution < -0.4 is 10.1 Å². The zero-order valence-corrected chi connectivity index (χ0v) is 11.9. The molecule has 0 aliphatic carbocycles. The van der Waals surface area contributed by atoms with Crippen LogP contribution in [0.5, 0.6) is 5.75 Å². The van der Waals surface area contributed by atoms with E-state index in [1.165, 1.54) is 0 Å². The van der Waals surface area contributed by atoms with Crippen molar-refractivity contribution >= 4 is 21.6 Å². The van der Waals surface area contributed by atoms with Crippen LogP contribution in [-0.2, 0) is 13.1 Å². The minimum atomic E-state index is 0.625. The van der Waals surface area contributed by atoms with Gasteiger partial charge in [-0.1, -0.05) is 0 Å². The molecule has 0 aliphatic heterocycles. The number of benzene rings is 1. The first-order chi connectivity index (χ1) is 8.74. The summed E-state index contributed by atoms with van der Waals surface area (Å²) in [5.74, 6) is 1.73. The Labute approximate surface area is 114 Å². The van der Waals surface area contributed by atoms with Crippen molar-refractivity contribution in [1.82, 2.24) is 14.8 Å². The summed E-state index contributed by atoms with van der Waals surface area (Å²) in [6, 6.07) is 5.80. The Balaban J connectivity index is 2.10. The summed E-state index contributed by atoms with van der Waals surface area (Å²) in [4.78, 5) is 4.22. The van der Waals surface area contributed by atoms with E-state index < -0.39 is 0 Å². The molecular weight excluding hydrogens is 296 g/mol. The predicted octanol–water partition coefficient (Wildman–Crippen LogP) is 2.68. The lowest BCUT2D eigenvalue weighted by Gasteiger charge is -2.10. The summed E-state index contributed by atoms with van der Waals surface area (Å²) in [6.07, 6.45) is 1.57. The van der Waals surface area contributed by atoms with Gasteiger partial charge in [-0.15, -0.1) is 0 Å². The van der Waals surface area contributed by atoms with E-state index >= 15 is 0 Å². The van der Waals surface area contributed by atoms with Crippen LogP contribution in [0.25, 0.3) is 0 Å². The molecule has 0 bridgehead atoms. The summed E-state index contributed by atoms with van der Waals surface area (Å²) < 4.78 is 8.05. The Kier molecular flexibility index (Phi) is 4.19. The average molecular weight is 311 g/mol. The molecule has 0 spiro atoms. The van der Waals surface area contributed by atoms with Gasteiger partial charge in [0.2, 0.25) is 0 Å². The van der Waals surface area contributed by atoms with Crippen LogP contribution >= 0.6 is 15.9 Å². The summed E-state index contributed by atoms with van der Waals surface area (Å²) in [5.41, 5.74) is 0.972. The second-order valence-electron chi connectivity index (χ2n) is 3.69. The van der Waals surface area contributed by atoms with E-state index in [1.54, 1.807) is 13.4 Å². The molecule has 2 aromatic rings. The van der Waals surface area contributed by atoms with Crippen LogP contribution in [0.3, 0.4) is 0 Å². The second-order valence-corrected chi connectivity index (χ2v) is 4.55. The molecule has 0 unspecified atom stereocenters. The van der Waals surface area contributed by atoms with E-state index in [1.807, 2.05) is 29.8 Å². The number of hydrogen-bond donors (Lipinski definition) is 1. The van der Waals surface area contributed by atoms with E-state index in [0.717, 1.165) is 28.3 Å².